The molecule has 0 aliphatic heterocycles. The molecule has 1 unspecified atom stereocenters. The lowest BCUT2D eigenvalue weighted by molar-refractivity contribution is 0.562. The molecule has 3 aromatic rings. The highest BCUT2D eigenvalue weighted by Crippen LogP contribution is 2.15. The Bertz CT molecular complexity index is 830. The van der Waals surface area contributed by atoms with Crippen molar-refractivity contribution in [1.82, 2.24) is 20.2 Å². The zero-order chi connectivity index (χ0) is 18.9. The van der Waals surface area contributed by atoms with Crippen LogP contribution in [0.25, 0.3) is 5.69 Å². The first-order valence-electron chi connectivity index (χ1n) is 9.37. The molecule has 2 heterocycles. The van der Waals surface area contributed by atoms with E-state index in [1.54, 1.807) is 6.20 Å². The van der Waals surface area contributed by atoms with Gasteiger partial charge in [-0.25, -0.2) is 9.98 Å². The Hall–Kier alpha value is -1.87. The van der Waals surface area contributed by atoms with Gasteiger partial charge in [0.25, 0.3) is 0 Å². The summed E-state index contributed by atoms with van der Waals surface area (Å²) in [6.45, 7) is 6.71. The number of aliphatic imine (C=N–C) groups is 1. The SMILES string of the molecule is CCNC(=NCc1ccccc1-n1ccnc1)NCC(C)Cc1cccs1.I. The maximum atomic E-state index is 4.79. The van der Waals surface area contributed by atoms with Crippen molar-refractivity contribution in [2.75, 3.05) is 13.1 Å². The molecule has 0 amide bonds. The second-order valence-corrected chi connectivity index (χ2v) is 7.60. The second kappa shape index (κ2) is 11.9. The van der Waals surface area contributed by atoms with Crippen LogP contribution < -0.4 is 10.6 Å². The average molecular weight is 509 g/mol. The summed E-state index contributed by atoms with van der Waals surface area (Å²) < 4.78 is 2.02. The zero-order valence-corrected chi connectivity index (χ0v) is 19.5. The smallest absolute Gasteiger partial charge is 0.191 e. The summed E-state index contributed by atoms with van der Waals surface area (Å²) in [5.41, 5.74) is 2.28. The van der Waals surface area contributed by atoms with Gasteiger partial charge in [0, 0.05) is 30.4 Å². The summed E-state index contributed by atoms with van der Waals surface area (Å²) in [4.78, 5) is 10.4. The number of guanidine groups is 1. The van der Waals surface area contributed by atoms with Crippen LogP contribution in [-0.2, 0) is 13.0 Å². The highest BCUT2D eigenvalue weighted by molar-refractivity contribution is 14.0. The summed E-state index contributed by atoms with van der Waals surface area (Å²) in [5.74, 6) is 1.40. The normalized spacial score (nSPS) is 12.3. The molecular formula is C21H28IN5S. The van der Waals surface area contributed by atoms with E-state index in [9.17, 15) is 0 Å². The number of nitrogens with one attached hydrogen (secondary N) is 2. The minimum Gasteiger partial charge on any atom is -0.357 e. The van der Waals surface area contributed by atoms with E-state index in [1.807, 2.05) is 34.5 Å². The fourth-order valence-electron chi connectivity index (χ4n) is 2.92. The third-order valence-corrected chi connectivity index (χ3v) is 5.17. The predicted octanol–water partition coefficient (Wildman–Crippen LogP) is 4.49. The van der Waals surface area contributed by atoms with Gasteiger partial charge >= 0.3 is 0 Å². The molecule has 0 aliphatic carbocycles. The van der Waals surface area contributed by atoms with Crippen molar-refractivity contribution in [3.8, 4) is 5.69 Å². The van der Waals surface area contributed by atoms with Gasteiger partial charge in [-0.2, -0.15) is 0 Å². The molecule has 0 bridgehead atoms. The Balaban J connectivity index is 0.00000280. The molecule has 1 atom stereocenters. The molecular weight excluding hydrogens is 481 g/mol. The third-order valence-electron chi connectivity index (χ3n) is 4.27. The molecule has 0 saturated carbocycles. The van der Waals surface area contributed by atoms with E-state index in [1.165, 1.54) is 10.4 Å². The summed E-state index contributed by atoms with van der Waals surface area (Å²) >= 11 is 1.82. The van der Waals surface area contributed by atoms with Crippen LogP contribution in [0.3, 0.4) is 0 Å². The fraction of sp³-hybridized carbons (Fsp3) is 0.333. The van der Waals surface area contributed by atoms with Crippen molar-refractivity contribution in [3.05, 3.63) is 70.9 Å². The van der Waals surface area contributed by atoms with Gasteiger partial charge in [-0.15, -0.1) is 35.3 Å². The molecule has 3 rings (SSSR count). The van der Waals surface area contributed by atoms with Crippen LogP contribution in [0.15, 0.2) is 65.5 Å². The topological polar surface area (TPSA) is 54.2 Å². The van der Waals surface area contributed by atoms with Gasteiger partial charge in [0.15, 0.2) is 5.96 Å². The van der Waals surface area contributed by atoms with E-state index < -0.39 is 0 Å². The van der Waals surface area contributed by atoms with E-state index in [0.29, 0.717) is 12.5 Å². The molecule has 150 valence electrons. The number of halogens is 1. The number of rotatable bonds is 8. The molecule has 0 fully saturated rings. The number of nitrogens with zero attached hydrogens (tertiary/aromatic N) is 3. The van der Waals surface area contributed by atoms with Gasteiger partial charge in [-0.05, 0) is 42.3 Å². The van der Waals surface area contributed by atoms with E-state index >= 15 is 0 Å². The van der Waals surface area contributed by atoms with Crippen molar-refractivity contribution in [3.63, 3.8) is 0 Å². The number of para-hydroxylation sites is 1. The van der Waals surface area contributed by atoms with E-state index in [-0.39, 0.29) is 24.0 Å². The van der Waals surface area contributed by atoms with Crippen molar-refractivity contribution >= 4 is 41.3 Å². The first kappa shape index (κ1) is 22.4. The first-order valence-corrected chi connectivity index (χ1v) is 10.2. The van der Waals surface area contributed by atoms with Crippen LogP contribution in [0.4, 0.5) is 0 Å². The summed E-state index contributed by atoms with van der Waals surface area (Å²) in [5, 5.41) is 8.96. The summed E-state index contributed by atoms with van der Waals surface area (Å²) in [7, 11) is 0. The molecule has 28 heavy (non-hydrogen) atoms. The molecule has 2 N–H and O–H groups in total. The van der Waals surface area contributed by atoms with Gasteiger partial charge in [-0.1, -0.05) is 31.2 Å². The number of thiophene rings is 1. The van der Waals surface area contributed by atoms with Gasteiger partial charge in [0.1, 0.15) is 0 Å². The minimum absolute atomic E-state index is 0. The molecule has 5 nitrogen and oxygen atoms in total. The number of aromatic nitrogens is 2. The molecule has 0 saturated heterocycles. The summed E-state index contributed by atoms with van der Waals surface area (Å²) in [6, 6.07) is 12.6. The van der Waals surface area contributed by atoms with Crippen LogP contribution in [0.1, 0.15) is 24.3 Å². The van der Waals surface area contributed by atoms with Gasteiger partial charge in [-0.3, -0.25) is 0 Å². The van der Waals surface area contributed by atoms with Crippen LogP contribution in [-0.4, -0.2) is 28.6 Å². The average Bonchev–Trinajstić information content (AvgIpc) is 3.38. The van der Waals surface area contributed by atoms with Crippen LogP contribution in [0, 0.1) is 5.92 Å². The molecule has 0 spiro atoms. The van der Waals surface area contributed by atoms with Gasteiger partial charge in [0.05, 0.1) is 18.6 Å². The lowest BCUT2D eigenvalue weighted by Crippen LogP contribution is -2.39. The Labute approximate surface area is 188 Å². The Kier molecular flexibility index (Phi) is 9.49. The molecule has 7 heteroatoms. The first-order chi connectivity index (χ1) is 13.3. The van der Waals surface area contributed by atoms with Gasteiger partial charge in [0.2, 0.25) is 0 Å². The Morgan fingerprint density at radius 1 is 1.21 bits per heavy atom. The van der Waals surface area contributed by atoms with E-state index in [0.717, 1.165) is 31.2 Å². The second-order valence-electron chi connectivity index (χ2n) is 6.56. The molecule has 0 aliphatic rings. The third kappa shape index (κ3) is 6.63. The highest BCUT2D eigenvalue weighted by atomic mass is 127. The molecule has 2 aromatic heterocycles. The predicted molar refractivity (Wildman–Crippen MR) is 129 cm³/mol. The van der Waals surface area contributed by atoms with Crippen molar-refractivity contribution in [1.29, 1.82) is 0 Å². The zero-order valence-electron chi connectivity index (χ0n) is 16.3. The van der Waals surface area contributed by atoms with Crippen molar-refractivity contribution in [2.24, 2.45) is 10.9 Å². The maximum Gasteiger partial charge on any atom is 0.191 e. The lowest BCUT2D eigenvalue weighted by Gasteiger charge is -2.16. The number of hydrogen-bond donors (Lipinski definition) is 2. The Morgan fingerprint density at radius 3 is 2.79 bits per heavy atom. The number of benzene rings is 1. The quantitative estimate of drug-likeness (QED) is 0.268. The summed E-state index contributed by atoms with van der Waals surface area (Å²) in [6.07, 6.45) is 6.66. The minimum atomic E-state index is 0. The maximum absolute atomic E-state index is 4.79. The lowest BCUT2D eigenvalue weighted by atomic mass is 10.1. The highest BCUT2D eigenvalue weighted by Gasteiger charge is 2.07. The number of hydrogen-bond acceptors (Lipinski definition) is 3. The molecule has 1 aromatic carbocycles. The van der Waals surface area contributed by atoms with Crippen LogP contribution >= 0.6 is 35.3 Å². The van der Waals surface area contributed by atoms with Gasteiger partial charge < -0.3 is 15.2 Å². The standard InChI is InChI=1S/C21H27N5S.HI/c1-3-23-21(24-14-17(2)13-19-8-6-12-27-19)25-15-18-7-4-5-9-20(18)26-11-10-22-16-26;/h4-12,16-17H,3,13-15H2,1-2H3,(H2,23,24,25);1H. The van der Waals surface area contributed by atoms with Crippen molar-refractivity contribution in [2.45, 2.75) is 26.8 Å². The van der Waals surface area contributed by atoms with Crippen LogP contribution in [0.2, 0.25) is 0 Å². The van der Waals surface area contributed by atoms with Crippen molar-refractivity contribution < 1.29 is 0 Å². The Morgan fingerprint density at radius 2 is 2.07 bits per heavy atom. The largest absolute Gasteiger partial charge is 0.357 e. The van der Waals surface area contributed by atoms with E-state index in [4.69, 9.17) is 4.99 Å². The van der Waals surface area contributed by atoms with E-state index in [2.05, 4.69) is 65.2 Å². The van der Waals surface area contributed by atoms with Crippen LogP contribution in [0.5, 0.6) is 0 Å². The fourth-order valence-corrected chi connectivity index (χ4v) is 3.79. The monoisotopic (exact) mass is 509 g/mol. The molecule has 0 radical (unpaired) electrons. The number of imidazole rings is 1.